The summed E-state index contributed by atoms with van der Waals surface area (Å²) in [5.41, 5.74) is 0. The summed E-state index contributed by atoms with van der Waals surface area (Å²) in [5, 5.41) is 0. The molecule has 0 bridgehead atoms. The highest BCUT2D eigenvalue weighted by molar-refractivity contribution is 6.20. The van der Waals surface area contributed by atoms with E-state index in [2.05, 4.69) is 6.92 Å². The highest BCUT2D eigenvalue weighted by Gasteiger charge is 1.98. The van der Waals surface area contributed by atoms with Gasteiger partial charge in [0, 0.05) is 0 Å². The highest BCUT2D eigenvalue weighted by Crippen LogP contribution is 2.12. The second-order valence-corrected chi connectivity index (χ2v) is 5.88. The lowest BCUT2D eigenvalue weighted by Gasteiger charge is -2.03. The van der Waals surface area contributed by atoms with Crippen molar-refractivity contribution in [3.63, 3.8) is 0 Å². The number of carbonyl (C=O) groups excluding carboxylic acids is 2. The topological polar surface area (TPSA) is 43.4 Å². The Kier molecular flexibility index (Phi) is 16.5. The first-order valence-corrected chi connectivity index (χ1v) is 8.93. The summed E-state index contributed by atoms with van der Waals surface area (Å²) in [7, 11) is 0. The number of esters is 1. The number of unbranched alkanes of at least 4 members (excludes halogenated alkanes) is 13. The number of hydrogen-bond acceptors (Lipinski definition) is 3. The van der Waals surface area contributed by atoms with Crippen molar-refractivity contribution in [2.75, 3.05) is 6.61 Å². The van der Waals surface area contributed by atoms with Crippen LogP contribution >= 0.6 is 0 Å². The molecular weight excluding hydrogens is 264 g/mol. The SMILES string of the molecule is CCCCCCCCCCCCCCCCOC(=O)C=O. The van der Waals surface area contributed by atoms with Crippen molar-refractivity contribution >= 4 is 12.3 Å². The first-order valence-electron chi connectivity index (χ1n) is 8.93. The van der Waals surface area contributed by atoms with Crippen molar-refractivity contribution in [1.29, 1.82) is 0 Å². The monoisotopic (exact) mass is 298 g/mol. The van der Waals surface area contributed by atoms with Gasteiger partial charge in [-0.2, -0.15) is 0 Å². The van der Waals surface area contributed by atoms with Crippen LogP contribution in [0.4, 0.5) is 0 Å². The van der Waals surface area contributed by atoms with Gasteiger partial charge in [-0.1, -0.05) is 90.4 Å². The van der Waals surface area contributed by atoms with Crippen molar-refractivity contribution in [2.24, 2.45) is 0 Å². The van der Waals surface area contributed by atoms with Gasteiger partial charge in [0.2, 0.25) is 6.29 Å². The fourth-order valence-corrected chi connectivity index (χ4v) is 2.50. The molecule has 0 radical (unpaired) electrons. The number of hydrogen-bond donors (Lipinski definition) is 0. The van der Waals surface area contributed by atoms with Crippen LogP contribution in [0.2, 0.25) is 0 Å². The minimum absolute atomic E-state index is 0.226. The largest absolute Gasteiger partial charge is 0.460 e. The molecule has 0 aliphatic carbocycles. The molecule has 0 saturated heterocycles. The Balaban J connectivity index is 2.99. The van der Waals surface area contributed by atoms with Crippen LogP contribution in [0.5, 0.6) is 0 Å². The van der Waals surface area contributed by atoms with E-state index in [1.54, 1.807) is 0 Å². The number of carbonyl (C=O) groups is 2. The van der Waals surface area contributed by atoms with Crippen LogP contribution in [0, 0.1) is 0 Å². The van der Waals surface area contributed by atoms with Crippen molar-refractivity contribution in [2.45, 2.75) is 96.8 Å². The van der Waals surface area contributed by atoms with Gasteiger partial charge in [0.05, 0.1) is 6.61 Å². The highest BCUT2D eigenvalue weighted by atomic mass is 16.5. The maximum absolute atomic E-state index is 10.6. The summed E-state index contributed by atoms with van der Waals surface area (Å²) in [4.78, 5) is 20.6. The van der Waals surface area contributed by atoms with Crippen LogP contribution in [0.3, 0.4) is 0 Å². The molecule has 0 aliphatic heterocycles. The van der Waals surface area contributed by atoms with Crippen LogP contribution in [-0.2, 0) is 14.3 Å². The molecule has 0 heterocycles. The van der Waals surface area contributed by atoms with Crippen LogP contribution in [0.1, 0.15) is 96.8 Å². The van der Waals surface area contributed by atoms with Crippen LogP contribution in [0.25, 0.3) is 0 Å². The Hall–Kier alpha value is -0.860. The molecule has 0 aliphatic rings. The number of rotatable bonds is 16. The van der Waals surface area contributed by atoms with E-state index in [0.717, 1.165) is 12.8 Å². The summed E-state index contributed by atoms with van der Waals surface area (Å²) in [6.45, 7) is 2.65. The average Bonchev–Trinajstić information content (AvgIpc) is 2.50. The third kappa shape index (κ3) is 17.1. The van der Waals surface area contributed by atoms with Gasteiger partial charge in [-0.15, -0.1) is 0 Å². The molecule has 21 heavy (non-hydrogen) atoms. The quantitative estimate of drug-likeness (QED) is 0.170. The molecule has 0 aromatic heterocycles. The first kappa shape index (κ1) is 20.1. The minimum atomic E-state index is -0.746. The third-order valence-electron chi connectivity index (χ3n) is 3.84. The van der Waals surface area contributed by atoms with E-state index in [0.29, 0.717) is 6.61 Å². The van der Waals surface area contributed by atoms with E-state index in [4.69, 9.17) is 4.74 Å². The fraction of sp³-hybridized carbons (Fsp3) is 0.889. The van der Waals surface area contributed by atoms with E-state index >= 15 is 0 Å². The summed E-state index contributed by atoms with van der Waals surface area (Å²) in [6.07, 6.45) is 18.5. The van der Waals surface area contributed by atoms with E-state index in [-0.39, 0.29) is 6.29 Å². The van der Waals surface area contributed by atoms with Crippen LogP contribution < -0.4 is 0 Å². The Morgan fingerprint density at radius 3 is 1.48 bits per heavy atom. The van der Waals surface area contributed by atoms with E-state index in [1.165, 1.54) is 77.0 Å². The molecule has 0 aromatic rings. The van der Waals surface area contributed by atoms with Crippen molar-refractivity contribution < 1.29 is 14.3 Å². The minimum Gasteiger partial charge on any atom is -0.460 e. The van der Waals surface area contributed by atoms with Crippen molar-refractivity contribution in [1.82, 2.24) is 0 Å². The van der Waals surface area contributed by atoms with E-state index < -0.39 is 5.97 Å². The molecule has 0 rings (SSSR count). The zero-order valence-corrected chi connectivity index (χ0v) is 13.9. The molecule has 3 heteroatoms. The number of ether oxygens (including phenoxy) is 1. The summed E-state index contributed by atoms with van der Waals surface area (Å²) >= 11 is 0. The number of aldehydes is 1. The smallest absolute Gasteiger partial charge is 0.371 e. The molecule has 3 nitrogen and oxygen atoms in total. The predicted octanol–water partition coefficient (Wildman–Crippen LogP) is 5.21. The molecule has 0 fully saturated rings. The average molecular weight is 298 g/mol. The maximum atomic E-state index is 10.6. The van der Waals surface area contributed by atoms with E-state index in [9.17, 15) is 9.59 Å². The van der Waals surface area contributed by atoms with Gasteiger partial charge in [-0.25, -0.2) is 4.79 Å². The zero-order chi connectivity index (χ0) is 15.6. The maximum Gasteiger partial charge on any atom is 0.371 e. The van der Waals surface area contributed by atoms with Gasteiger partial charge in [0.15, 0.2) is 0 Å². The Morgan fingerprint density at radius 1 is 0.714 bits per heavy atom. The van der Waals surface area contributed by atoms with Crippen molar-refractivity contribution in [3.05, 3.63) is 0 Å². The third-order valence-corrected chi connectivity index (χ3v) is 3.84. The fourth-order valence-electron chi connectivity index (χ4n) is 2.50. The lowest BCUT2D eigenvalue weighted by molar-refractivity contribution is -0.148. The van der Waals surface area contributed by atoms with Gasteiger partial charge < -0.3 is 4.74 Å². The van der Waals surface area contributed by atoms with Crippen molar-refractivity contribution in [3.8, 4) is 0 Å². The molecule has 124 valence electrons. The second kappa shape index (κ2) is 17.2. The molecule has 0 spiro atoms. The van der Waals surface area contributed by atoms with Gasteiger partial charge in [0.25, 0.3) is 0 Å². The predicted molar refractivity (Wildman–Crippen MR) is 87.3 cm³/mol. The molecule has 0 saturated carbocycles. The van der Waals surface area contributed by atoms with Gasteiger partial charge >= 0.3 is 5.97 Å². The zero-order valence-electron chi connectivity index (χ0n) is 13.9. The normalized spacial score (nSPS) is 10.5. The Bertz CT molecular complexity index is 239. The standard InChI is InChI=1S/C18H34O3/c1-2-3-4-5-6-7-8-9-10-11-12-13-14-15-16-21-18(20)17-19/h17H,2-16H2,1H3. The van der Waals surface area contributed by atoms with Gasteiger partial charge in [0.1, 0.15) is 0 Å². The molecule has 0 atom stereocenters. The Morgan fingerprint density at radius 2 is 1.10 bits per heavy atom. The lowest BCUT2D eigenvalue weighted by atomic mass is 10.0. The summed E-state index contributed by atoms with van der Waals surface area (Å²) in [5.74, 6) is -0.746. The summed E-state index contributed by atoms with van der Waals surface area (Å²) in [6, 6.07) is 0. The molecule has 0 unspecified atom stereocenters. The van der Waals surface area contributed by atoms with Gasteiger partial charge in [-0.3, -0.25) is 4.79 Å². The first-order chi connectivity index (χ1) is 10.3. The summed E-state index contributed by atoms with van der Waals surface area (Å²) < 4.78 is 4.69. The second-order valence-electron chi connectivity index (χ2n) is 5.88. The Labute approximate surface area is 130 Å². The molecule has 0 N–H and O–H groups in total. The van der Waals surface area contributed by atoms with Crippen LogP contribution in [-0.4, -0.2) is 18.9 Å². The molecule has 0 aromatic carbocycles. The lowest BCUT2D eigenvalue weighted by Crippen LogP contribution is -2.06. The molecular formula is C18H34O3. The molecule has 0 amide bonds. The van der Waals surface area contributed by atoms with Crippen LogP contribution in [0.15, 0.2) is 0 Å². The van der Waals surface area contributed by atoms with Gasteiger partial charge in [-0.05, 0) is 6.42 Å². The van der Waals surface area contributed by atoms with E-state index in [1.807, 2.05) is 0 Å².